The van der Waals surface area contributed by atoms with E-state index in [1.54, 1.807) is 0 Å². The van der Waals surface area contributed by atoms with Gasteiger partial charge in [0, 0.05) is 0 Å². The minimum atomic E-state index is -2.71. The Hall–Kier alpha value is -2.58. The van der Waals surface area contributed by atoms with Crippen LogP contribution in [0.25, 0.3) is 21.5 Å². The summed E-state index contributed by atoms with van der Waals surface area (Å²) in [6.45, 7) is 22.7. The van der Waals surface area contributed by atoms with Crippen LogP contribution in [-0.4, -0.2) is 3.26 Å². The minimum absolute atomic E-state index is 0.180. The third-order valence-corrected chi connectivity index (χ3v) is 16.4. The number of hydrogen-bond acceptors (Lipinski definition) is 0. The molecule has 0 saturated heterocycles. The summed E-state index contributed by atoms with van der Waals surface area (Å²) >= 11 is -2.71. The molecule has 0 radical (unpaired) electrons. The molecule has 0 aliphatic carbocycles. The molecule has 0 aromatic heterocycles. The predicted molar refractivity (Wildman–Crippen MR) is 231 cm³/mol. The maximum absolute atomic E-state index is 6.50. The van der Waals surface area contributed by atoms with Crippen molar-refractivity contribution in [3.05, 3.63) is 154 Å². The fraction of sp³-hybridized carbons (Fsp3) is 0.367. The Balaban J connectivity index is 0.000000205. The Morgan fingerprint density at radius 1 is 0.596 bits per heavy atom. The van der Waals surface area contributed by atoms with E-state index in [1.165, 1.54) is 95.0 Å². The van der Waals surface area contributed by atoms with Crippen LogP contribution < -0.4 is 0 Å². The summed E-state index contributed by atoms with van der Waals surface area (Å²) in [5.74, 6) is 0. The summed E-state index contributed by atoms with van der Waals surface area (Å²) in [7, 11) is 13.0. The van der Waals surface area contributed by atoms with Crippen LogP contribution in [0.2, 0.25) is 0 Å². The molecule has 0 heterocycles. The molecule has 0 amide bonds. The van der Waals surface area contributed by atoms with Crippen LogP contribution in [0.5, 0.6) is 0 Å². The van der Waals surface area contributed by atoms with Gasteiger partial charge in [-0.2, -0.15) is 18.2 Å². The Labute approximate surface area is 330 Å². The van der Waals surface area contributed by atoms with Crippen LogP contribution in [0.4, 0.5) is 0 Å². The molecular weight excluding hydrogens is 838 g/mol. The van der Waals surface area contributed by atoms with Gasteiger partial charge in [0.05, 0.1) is 0 Å². The van der Waals surface area contributed by atoms with Crippen molar-refractivity contribution in [2.24, 2.45) is 0 Å². The van der Waals surface area contributed by atoms with Gasteiger partial charge in [0.15, 0.2) is 0 Å². The van der Waals surface area contributed by atoms with E-state index in [9.17, 15) is 0 Å². The van der Waals surface area contributed by atoms with Crippen molar-refractivity contribution in [2.45, 2.75) is 119 Å². The second kappa shape index (κ2) is 19.1. The van der Waals surface area contributed by atoms with Crippen LogP contribution in [0, 0.1) is 13.8 Å². The number of aryl methyl sites for hydroxylation is 4. The van der Waals surface area contributed by atoms with Gasteiger partial charge in [-0.3, -0.25) is 0 Å². The molecule has 0 bridgehead atoms. The SMILES string of the molecule is CCCCc1ccc([C](c2ccc(CCCC)cc2)=[Hf]([Cl])[Cl])cc1.Cc1cc2[cH-]c3cc(C)c(C(C)(C)C)cc3c2cc1C(C)(C)C.c1cc[cH-]c1. The smallest absolute Gasteiger partial charge is 0.0142 e. The van der Waals surface area contributed by atoms with E-state index >= 15 is 0 Å². The molecule has 0 atom stereocenters. The van der Waals surface area contributed by atoms with E-state index in [-0.39, 0.29) is 10.8 Å². The zero-order valence-electron chi connectivity index (χ0n) is 33.4. The molecule has 0 unspecified atom stereocenters. The van der Waals surface area contributed by atoms with E-state index in [4.69, 9.17) is 17.2 Å². The number of fused-ring (bicyclic) bond motifs is 3. The molecule has 0 fully saturated rings. The first-order valence-electron chi connectivity index (χ1n) is 19.2. The topological polar surface area (TPSA) is 0 Å². The standard InChI is InChI=1S/C23H29.C21H26.C5H5.2ClH.Hf/c1-14-9-16-11-17-10-15(2)21(23(6,7)8)13-19(17)18(16)12-20(14)22(3,4)5;1-3-5-7-18-9-13-20(14-10-18)17-21-15-11-19(12-16-21)8-6-4-2;1-2-4-5-3-1;;;/h9-13H,1-8H3;9-16H,3-8H2,1-2H3;1-5H;2*1H;/q-1;;-1;;;+2/p-2. The summed E-state index contributed by atoms with van der Waals surface area (Å²) in [6.07, 6.45) is 7.22. The van der Waals surface area contributed by atoms with Crippen molar-refractivity contribution in [1.82, 2.24) is 0 Å². The molecule has 276 valence electrons. The quantitative estimate of drug-likeness (QED) is 0.105. The average molecular weight is 898 g/mol. The zero-order valence-corrected chi connectivity index (χ0v) is 38.5. The number of unbranched alkanes of at least 4 members (excludes halogenated alkanes) is 2. The van der Waals surface area contributed by atoms with Gasteiger partial charge in [-0.05, 0) is 24.7 Å². The second-order valence-electron chi connectivity index (χ2n) is 16.4. The summed E-state index contributed by atoms with van der Waals surface area (Å²) in [4.78, 5) is 0. The summed E-state index contributed by atoms with van der Waals surface area (Å²) in [5.41, 5.74) is 11.2. The molecule has 0 nitrogen and oxygen atoms in total. The van der Waals surface area contributed by atoms with Crippen LogP contribution in [0.15, 0.2) is 109 Å². The fourth-order valence-electron chi connectivity index (χ4n) is 7.09. The van der Waals surface area contributed by atoms with Gasteiger partial charge in [-0.25, -0.2) is 12.1 Å². The first kappa shape index (κ1) is 42.2. The van der Waals surface area contributed by atoms with Gasteiger partial charge in [0.2, 0.25) is 0 Å². The second-order valence-corrected chi connectivity index (χ2v) is 27.8. The van der Waals surface area contributed by atoms with E-state index < -0.39 is 18.6 Å². The van der Waals surface area contributed by atoms with Gasteiger partial charge in [0.25, 0.3) is 0 Å². The van der Waals surface area contributed by atoms with Crippen molar-refractivity contribution in [3.63, 3.8) is 0 Å². The minimum Gasteiger partial charge on any atom is -0.214 e. The average Bonchev–Trinajstić information content (AvgIpc) is 3.78. The van der Waals surface area contributed by atoms with Gasteiger partial charge >= 0.3 is 162 Å². The Kier molecular flexibility index (Phi) is 15.5. The molecule has 52 heavy (non-hydrogen) atoms. The first-order valence-corrected chi connectivity index (χ1v) is 29.9. The number of halogens is 2. The van der Waals surface area contributed by atoms with Crippen LogP contribution in [-0.2, 0) is 42.3 Å². The summed E-state index contributed by atoms with van der Waals surface area (Å²) in [6, 6.07) is 39.6. The fourth-order valence-corrected chi connectivity index (χ4v) is 13.4. The molecule has 6 rings (SSSR count). The van der Waals surface area contributed by atoms with Gasteiger partial charge in [-0.15, -0.1) is 39.7 Å². The zero-order chi connectivity index (χ0) is 38.1. The van der Waals surface area contributed by atoms with Crippen molar-refractivity contribution in [1.29, 1.82) is 0 Å². The van der Waals surface area contributed by atoms with Gasteiger partial charge < -0.3 is 0 Å². The molecule has 0 saturated carbocycles. The third-order valence-electron chi connectivity index (χ3n) is 9.88. The predicted octanol–water partition coefficient (Wildman–Crippen LogP) is 15.2. The largest absolute Gasteiger partial charge is 0.214 e. The molecule has 0 N–H and O–H groups in total. The van der Waals surface area contributed by atoms with Crippen LogP contribution >= 0.6 is 17.2 Å². The first-order chi connectivity index (χ1) is 24.6. The van der Waals surface area contributed by atoms with E-state index in [2.05, 4.69) is 148 Å². The molecule has 6 aromatic rings. The van der Waals surface area contributed by atoms with Crippen molar-refractivity contribution >= 4 is 42.0 Å². The Morgan fingerprint density at radius 2 is 0.981 bits per heavy atom. The van der Waals surface area contributed by atoms with Crippen molar-refractivity contribution in [3.8, 4) is 0 Å². The Morgan fingerprint density at radius 3 is 1.27 bits per heavy atom. The molecule has 6 aromatic carbocycles. The molecule has 0 aliphatic heterocycles. The molecule has 0 spiro atoms. The summed E-state index contributed by atoms with van der Waals surface area (Å²) in [5, 5.41) is 5.55. The maximum Gasteiger partial charge on any atom is -0.0142 e. The molecule has 3 heteroatoms. The Bertz CT molecular complexity index is 1880. The van der Waals surface area contributed by atoms with Crippen molar-refractivity contribution < 1.29 is 18.6 Å². The number of rotatable bonds is 8. The van der Waals surface area contributed by atoms with E-state index in [0.717, 1.165) is 12.8 Å². The third kappa shape index (κ3) is 11.5. The monoisotopic (exact) mass is 898 g/mol. The normalized spacial score (nSPS) is 11.5. The van der Waals surface area contributed by atoms with Crippen molar-refractivity contribution in [2.75, 3.05) is 0 Å². The molecular formula is C49H60Cl2Hf-2. The van der Waals surface area contributed by atoms with E-state index in [0.29, 0.717) is 0 Å². The van der Waals surface area contributed by atoms with Gasteiger partial charge in [0.1, 0.15) is 0 Å². The summed E-state index contributed by atoms with van der Waals surface area (Å²) < 4.78 is 1.20. The molecule has 0 aliphatic rings. The number of benzene rings is 4. The maximum atomic E-state index is 6.50. The van der Waals surface area contributed by atoms with E-state index in [1.807, 2.05) is 30.3 Å². The number of hydrogen-bond donors (Lipinski definition) is 0. The van der Waals surface area contributed by atoms with Gasteiger partial charge in [-0.1, -0.05) is 75.9 Å². The van der Waals surface area contributed by atoms with Crippen LogP contribution in [0.1, 0.15) is 126 Å². The van der Waals surface area contributed by atoms with Crippen LogP contribution in [0.3, 0.4) is 0 Å².